The fourth-order valence-corrected chi connectivity index (χ4v) is 0.858. The maximum absolute atomic E-state index is 10.7. The number of hydrogen-bond acceptors (Lipinski definition) is 4. The molecule has 0 aromatic rings. The Kier molecular flexibility index (Phi) is 9.12. The Morgan fingerprint density at radius 2 is 1.33 bits per heavy atom. The van der Waals surface area contributed by atoms with Gasteiger partial charge in [-0.05, 0) is 11.8 Å². The first kappa shape index (κ1) is 20.5. The molecule has 0 radical (unpaired) electrons. The van der Waals surface area contributed by atoms with Gasteiger partial charge in [0.05, 0.1) is 0 Å². The van der Waals surface area contributed by atoms with Crippen molar-refractivity contribution in [3.63, 3.8) is 0 Å². The average Bonchev–Trinajstić information content (AvgIpc) is 1.83. The number of aliphatic carboxylic acids is 2. The Morgan fingerprint density at radius 1 is 1.00 bits per heavy atom. The van der Waals surface area contributed by atoms with Gasteiger partial charge in [-0.3, -0.25) is 0 Å². The molecule has 0 heterocycles. The maximum Gasteiger partial charge on any atom is 1.00 e. The normalized spacial score (nSPS) is 10.9. The van der Waals surface area contributed by atoms with E-state index in [0.29, 0.717) is 0 Å². The van der Waals surface area contributed by atoms with Gasteiger partial charge in [0.2, 0.25) is 0 Å². The monoisotopic (exact) mass is 200 g/mol. The van der Waals surface area contributed by atoms with Crippen molar-refractivity contribution in [2.45, 2.75) is 34.1 Å². The Morgan fingerprint density at radius 3 is 1.53 bits per heavy atom. The van der Waals surface area contributed by atoms with Crippen molar-refractivity contribution >= 4 is 11.9 Å². The van der Waals surface area contributed by atoms with Crippen LogP contribution in [0.5, 0.6) is 0 Å². The van der Waals surface area contributed by atoms with E-state index in [4.69, 9.17) is 0 Å². The van der Waals surface area contributed by atoms with Crippen LogP contribution in [0.3, 0.4) is 0 Å². The molecule has 0 fully saturated rings. The van der Waals surface area contributed by atoms with E-state index >= 15 is 0 Å². The molecule has 0 amide bonds. The van der Waals surface area contributed by atoms with Crippen molar-refractivity contribution in [1.82, 2.24) is 0 Å². The molecule has 76 valence electrons. The van der Waals surface area contributed by atoms with E-state index in [9.17, 15) is 19.8 Å². The predicted octanol–water partition coefficient (Wildman–Crippen LogP) is -7.06. The number of carbonyl (C=O) groups is 2. The summed E-state index contributed by atoms with van der Waals surface area (Å²) in [5.41, 5.74) is -2.07. The van der Waals surface area contributed by atoms with E-state index in [2.05, 4.69) is 0 Å². The van der Waals surface area contributed by atoms with Crippen molar-refractivity contribution < 1.29 is 57.5 Å². The standard InChI is InChI=1S/C9H16O4.2Li/c1-8(2,5-6(10)11)9(3,4)7(12)13;;/h5H2,1-4H3,(H,10,11)(H,12,13);;/q;2*+1/p-2. The van der Waals surface area contributed by atoms with Crippen LogP contribution in [-0.2, 0) is 9.59 Å². The van der Waals surface area contributed by atoms with Crippen LogP contribution in [0.2, 0.25) is 0 Å². The molecular formula is C9H14Li2O4. The van der Waals surface area contributed by atoms with Crippen LogP contribution in [0.4, 0.5) is 0 Å². The summed E-state index contributed by atoms with van der Waals surface area (Å²) >= 11 is 0. The Hall–Kier alpha value is 0.135. The third-order valence-electron chi connectivity index (χ3n) is 2.79. The summed E-state index contributed by atoms with van der Waals surface area (Å²) in [6.45, 7) is 6.04. The first-order valence-corrected chi connectivity index (χ1v) is 4.02. The summed E-state index contributed by atoms with van der Waals surface area (Å²) in [7, 11) is 0. The number of carboxylic acids is 2. The minimum absolute atomic E-state index is 0. The summed E-state index contributed by atoms with van der Waals surface area (Å²) < 4.78 is 0. The van der Waals surface area contributed by atoms with Crippen molar-refractivity contribution in [2.24, 2.45) is 10.8 Å². The first-order valence-electron chi connectivity index (χ1n) is 4.02. The molecule has 0 aromatic carbocycles. The van der Waals surface area contributed by atoms with Crippen LogP contribution >= 0.6 is 0 Å². The summed E-state index contributed by atoms with van der Waals surface area (Å²) in [6, 6.07) is 0. The summed E-state index contributed by atoms with van der Waals surface area (Å²) in [4.78, 5) is 21.1. The van der Waals surface area contributed by atoms with Gasteiger partial charge in [0.1, 0.15) is 0 Å². The molecule has 0 bridgehead atoms. The van der Waals surface area contributed by atoms with Crippen molar-refractivity contribution in [3.05, 3.63) is 0 Å². The van der Waals surface area contributed by atoms with E-state index in [0.717, 1.165) is 0 Å². The van der Waals surface area contributed by atoms with Crippen LogP contribution in [0.15, 0.2) is 0 Å². The van der Waals surface area contributed by atoms with E-state index in [1.165, 1.54) is 13.8 Å². The van der Waals surface area contributed by atoms with Gasteiger partial charge in [-0.1, -0.05) is 27.7 Å². The van der Waals surface area contributed by atoms with Crippen LogP contribution in [-0.4, -0.2) is 11.9 Å². The molecule has 15 heavy (non-hydrogen) atoms. The molecule has 0 aromatic heterocycles. The molecule has 0 spiro atoms. The molecule has 0 saturated heterocycles. The van der Waals surface area contributed by atoms with Gasteiger partial charge >= 0.3 is 37.7 Å². The molecule has 0 rings (SSSR count). The van der Waals surface area contributed by atoms with Gasteiger partial charge in [0, 0.05) is 17.4 Å². The molecule has 0 saturated carbocycles. The molecule has 4 nitrogen and oxygen atoms in total. The van der Waals surface area contributed by atoms with Gasteiger partial charge in [-0.25, -0.2) is 0 Å². The minimum Gasteiger partial charge on any atom is -0.550 e. The quantitative estimate of drug-likeness (QED) is 0.422. The first-order chi connectivity index (χ1) is 5.61. The zero-order valence-electron chi connectivity index (χ0n) is 10.3. The SMILES string of the molecule is CC(C)(CC(=O)[O-])C(C)(C)C(=O)[O-].[Li+].[Li+]. The van der Waals surface area contributed by atoms with E-state index in [1.54, 1.807) is 13.8 Å². The Labute approximate surface area is 114 Å². The zero-order chi connectivity index (χ0) is 10.9. The summed E-state index contributed by atoms with van der Waals surface area (Å²) in [6.07, 6.45) is -0.298. The van der Waals surface area contributed by atoms with Crippen LogP contribution in [0.1, 0.15) is 34.1 Å². The van der Waals surface area contributed by atoms with Crippen molar-refractivity contribution in [1.29, 1.82) is 0 Å². The molecule has 6 heteroatoms. The Balaban J connectivity index is -0.000000720. The average molecular weight is 200 g/mol. The topological polar surface area (TPSA) is 80.3 Å². The summed E-state index contributed by atoms with van der Waals surface area (Å²) in [5.74, 6) is -2.50. The minimum atomic E-state index is -1.25. The van der Waals surface area contributed by atoms with Gasteiger partial charge in [0.15, 0.2) is 0 Å². The molecule has 0 unspecified atom stereocenters. The fraction of sp³-hybridized carbons (Fsp3) is 0.778. The number of rotatable bonds is 4. The third kappa shape index (κ3) is 5.13. The molecule has 0 atom stereocenters. The predicted molar refractivity (Wildman–Crippen MR) is 42.2 cm³/mol. The van der Waals surface area contributed by atoms with Crippen LogP contribution < -0.4 is 47.9 Å². The van der Waals surface area contributed by atoms with E-state index in [1.807, 2.05) is 0 Å². The molecule has 0 aliphatic carbocycles. The number of hydrogen-bond donors (Lipinski definition) is 0. The van der Waals surface area contributed by atoms with Gasteiger partial charge in [-0.15, -0.1) is 0 Å². The number of carboxylic acid groups (broad SMARTS) is 2. The number of carbonyl (C=O) groups excluding carboxylic acids is 2. The van der Waals surface area contributed by atoms with E-state index in [-0.39, 0.29) is 44.1 Å². The second-order valence-corrected chi connectivity index (χ2v) is 4.35. The fourth-order valence-electron chi connectivity index (χ4n) is 0.858. The summed E-state index contributed by atoms with van der Waals surface area (Å²) in [5, 5.41) is 21.1. The maximum atomic E-state index is 10.7. The van der Waals surface area contributed by atoms with Crippen molar-refractivity contribution in [3.8, 4) is 0 Å². The van der Waals surface area contributed by atoms with E-state index < -0.39 is 22.8 Å². The van der Waals surface area contributed by atoms with Gasteiger partial charge < -0.3 is 19.8 Å². The van der Waals surface area contributed by atoms with Crippen LogP contribution in [0, 0.1) is 10.8 Å². The largest absolute Gasteiger partial charge is 1.00 e. The smallest absolute Gasteiger partial charge is 0.550 e. The zero-order valence-corrected chi connectivity index (χ0v) is 10.3. The molecule has 0 N–H and O–H groups in total. The van der Waals surface area contributed by atoms with Crippen LogP contribution in [0.25, 0.3) is 0 Å². The second kappa shape index (κ2) is 6.66. The van der Waals surface area contributed by atoms with Gasteiger partial charge in [-0.2, -0.15) is 0 Å². The second-order valence-electron chi connectivity index (χ2n) is 4.35. The Bertz CT molecular complexity index is 236. The molecular weight excluding hydrogens is 186 g/mol. The molecule has 0 aliphatic rings. The third-order valence-corrected chi connectivity index (χ3v) is 2.79. The molecule has 0 aliphatic heterocycles. The van der Waals surface area contributed by atoms with Gasteiger partial charge in [0.25, 0.3) is 0 Å². The van der Waals surface area contributed by atoms with Crippen molar-refractivity contribution in [2.75, 3.05) is 0 Å².